The van der Waals surface area contributed by atoms with Crippen molar-refractivity contribution in [2.24, 2.45) is 5.92 Å². The quantitative estimate of drug-likeness (QED) is 0.686. The molecule has 0 unspecified atom stereocenters. The van der Waals surface area contributed by atoms with Crippen molar-refractivity contribution in [1.29, 1.82) is 0 Å². The molecule has 0 radical (unpaired) electrons. The van der Waals surface area contributed by atoms with Crippen LogP contribution in [-0.2, 0) is 4.79 Å². The molecule has 0 aliphatic heterocycles. The van der Waals surface area contributed by atoms with Crippen LogP contribution in [0, 0.1) is 24.7 Å². The SMILES string of the molecule is Cc1cc(OCC(=O)N(C)C(C)C)cc(=O)n1[C@H](C)c1ccc(C#CC2CC2)cc1. The second-order valence-corrected chi connectivity index (χ2v) is 8.27. The van der Waals surface area contributed by atoms with Gasteiger partial charge in [0.15, 0.2) is 6.61 Å². The molecular formula is C25H30N2O3. The third-order valence-corrected chi connectivity index (χ3v) is 5.54. The van der Waals surface area contributed by atoms with E-state index in [0.29, 0.717) is 11.7 Å². The molecule has 1 fully saturated rings. The Morgan fingerprint density at radius 1 is 1.20 bits per heavy atom. The monoisotopic (exact) mass is 406 g/mol. The number of carbonyl (C=O) groups is 1. The molecule has 3 rings (SSSR count). The first kappa shape index (κ1) is 21.7. The molecule has 0 spiro atoms. The fourth-order valence-corrected chi connectivity index (χ4v) is 3.20. The Morgan fingerprint density at radius 3 is 2.43 bits per heavy atom. The number of hydrogen-bond donors (Lipinski definition) is 0. The van der Waals surface area contributed by atoms with Crippen LogP contribution >= 0.6 is 0 Å². The smallest absolute Gasteiger partial charge is 0.260 e. The molecule has 1 aromatic heterocycles. The van der Waals surface area contributed by atoms with E-state index in [2.05, 4.69) is 11.8 Å². The van der Waals surface area contributed by atoms with Gasteiger partial charge in [-0.3, -0.25) is 9.59 Å². The van der Waals surface area contributed by atoms with E-state index in [-0.39, 0.29) is 30.2 Å². The van der Waals surface area contributed by atoms with E-state index in [1.165, 1.54) is 18.9 Å². The summed E-state index contributed by atoms with van der Waals surface area (Å²) in [6, 6.07) is 11.3. The molecule has 1 atom stereocenters. The molecule has 1 heterocycles. The number of carbonyl (C=O) groups excluding carboxylic acids is 1. The van der Waals surface area contributed by atoms with Crippen LogP contribution in [-0.4, -0.2) is 35.1 Å². The summed E-state index contributed by atoms with van der Waals surface area (Å²) in [4.78, 5) is 26.5. The lowest BCUT2D eigenvalue weighted by atomic mass is 10.1. The molecule has 0 N–H and O–H groups in total. The van der Waals surface area contributed by atoms with Crippen LogP contribution in [0.15, 0.2) is 41.2 Å². The van der Waals surface area contributed by atoms with Crippen molar-refractivity contribution in [3.63, 3.8) is 0 Å². The van der Waals surface area contributed by atoms with Crippen molar-refractivity contribution in [1.82, 2.24) is 9.47 Å². The topological polar surface area (TPSA) is 51.5 Å². The Balaban J connectivity index is 1.72. The Morgan fingerprint density at radius 2 is 1.87 bits per heavy atom. The zero-order chi connectivity index (χ0) is 21.8. The number of amides is 1. The van der Waals surface area contributed by atoms with Gasteiger partial charge in [-0.1, -0.05) is 24.0 Å². The van der Waals surface area contributed by atoms with Gasteiger partial charge in [0.05, 0.1) is 6.04 Å². The summed E-state index contributed by atoms with van der Waals surface area (Å²) in [5, 5.41) is 0. The second-order valence-electron chi connectivity index (χ2n) is 8.27. The second kappa shape index (κ2) is 9.21. The van der Waals surface area contributed by atoms with Crippen LogP contribution in [0.3, 0.4) is 0 Å². The number of aryl methyl sites for hydroxylation is 1. The van der Waals surface area contributed by atoms with Crippen LogP contribution in [0.1, 0.15) is 56.5 Å². The van der Waals surface area contributed by atoms with E-state index in [0.717, 1.165) is 16.8 Å². The normalized spacial score (nSPS) is 14.1. The van der Waals surface area contributed by atoms with Gasteiger partial charge in [-0.15, -0.1) is 0 Å². The molecule has 158 valence electrons. The van der Waals surface area contributed by atoms with Crippen molar-refractivity contribution in [2.45, 2.75) is 52.6 Å². The molecule has 0 bridgehead atoms. The Labute approximate surface area is 178 Å². The molecular weight excluding hydrogens is 376 g/mol. The number of benzene rings is 1. The van der Waals surface area contributed by atoms with Crippen molar-refractivity contribution in [3.05, 3.63) is 63.6 Å². The van der Waals surface area contributed by atoms with E-state index >= 15 is 0 Å². The molecule has 1 aliphatic rings. The molecule has 5 heteroatoms. The number of nitrogens with zero attached hydrogens (tertiary/aromatic N) is 2. The fourth-order valence-electron chi connectivity index (χ4n) is 3.20. The molecule has 2 aromatic rings. The predicted octanol–water partition coefficient (Wildman–Crippen LogP) is 3.77. The highest BCUT2D eigenvalue weighted by molar-refractivity contribution is 5.77. The maximum absolute atomic E-state index is 12.8. The lowest BCUT2D eigenvalue weighted by Crippen LogP contribution is -2.36. The van der Waals surface area contributed by atoms with Crippen molar-refractivity contribution in [2.75, 3.05) is 13.7 Å². The molecule has 1 aromatic carbocycles. The summed E-state index contributed by atoms with van der Waals surface area (Å²) >= 11 is 0. The van der Waals surface area contributed by atoms with Gasteiger partial charge >= 0.3 is 0 Å². The van der Waals surface area contributed by atoms with Gasteiger partial charge in [0.2, 0.25) is 0 Å². The first-order valence-corrected chi connectivity index (χ1v) is 10.5. The van der Waals surface area contributed by atoms with Gasteiger partial charge in [0.1, 0.15) is 5.75 Å². The van der Waals surface area contributed by atoms with Gasteiger partial charge < -0.3 is 14.2 Å². The van der Waals surface area contributed by atoms with Crippen LogP contribution in [0.5, 0.6) is 5.75 Å². The van der Waals surface area contributed by atoms with Crippen molar-refractivity contribution >= 4 is 5.91 Å². The fraction of sp³-hybridized carbons (Fsp3) is 0.440. The molecule has 1 aliphatic carbocycles. The summed E-state index contributed by atoms with van der Waals surface area (Å²) in [5.74, 6) is 7.35. The molecule has 30 heavy (non-hydrogen) atoms. The third-order valence-electron chi connectivity index (χ3n) is 5.54. The van der Waals surface area contributed by atoms with Gasteiger partial charge in [0.25, 0.3) is 11.5 Å². The lowest BCUT2D eigenvalue weighted by molar-refractivity contribution is -0.133. The van der Waals surface area contributed by atoms with Gasteiger partial charge in [-0.05, 0) is 64.3 Å². The Bertz CT molecular complexity index is 1020. The number of pyridine rings is 1. The maximum Gasteiger partial charge on any atom is 0.260 e. The predicted molar refractivity (Wildman–Crippen MR) is 119 cm³/mol. The number of likely N-dealkylation sites (N-methyl/N-ethyl adjacent to an activating group) is 1. The van der Waals surface area contributed by atoms with E-state index < -0.39 is 0 Å². The zero-order valence-corrected chi connectivity index (χ0v) is 18.4. The average Bonchev–Trinajstić information content (AvgIpc) is 3.54. The molecule has 1 saturated carbocycles. The van der Waals surface area contributed by atoms with Crippen molar-refractivity contribution < 1.29 is 9.53 Å². The summed E-state index contributed by atoms with van der Waals surface area (Å²) < 4.78 is 7.32. The van der Waals surface area contributed by atoms with E-state index in [9.17, 15) is 9.59 Å². The van der Waals surface area contributed by atoms with Crippen LogP contribution < -0.4 is 10.3 Å². The van der Waals surface area contributed by atoms with E-state index in [1.54, 1.807) is 22.6 Å². The molecule has 5 nitrogen and oxygen atoms in total. The number of ether oxygens (including phenoxy) is 1. The van der Waals surface area contributed by atoms with E-state index in [4.69, 9.17) is 4.74 Å². The molecule has 0 saturated heterocycles. The Kier molecular flexibility index (Phi) is 6.66. The minimum atomic E-state index is -0.153. The van der Waals surface area contributed by atoms with Crippen LogP contribution in [0.25, 0.3) is 0 Å². The highest BCUT2D eigenvalue weighted by Crippen LogP contribution is 2.27. The lowest BCUT2D eigenvalue weighted by Gasteiger charge is -2.22. The summed E-state index contributed by atoms with van der Waals surface area (Å²) in [6.07, 6.45) is 2.43. The van der Waals surface area contributed by atoms with E-state index in [1.807, 2.05) is 52.0 Å². The first-order valence-electron chi connectivity index (χ1n) is 10.5. The summed E-state index contributed by atoms with van der Waals surface area (Å²) in [5.41, 5.74) is 2.67. The summed E-state index contributed by atoms with van der Waals surface area (Å²) in [6.45, 7) is 7.67. The number of aromatic nitrogens is 1. The standard InChI is InChI=1S/C25H30N2O3/c1-17(2)26(5)25(29)16-30-23-14-18(3)27(24(28)15-23)19(4)22-12-10-21(11-13-22)9-8-20-6-7-20/h10-15,17,19-20H,6-7,16H2,1-5H3/t19-/m1/s1. The van der Waals surface area contributed by atoms with Crippen molar-refractivity contribution in [3.8, 4) is 17.6 Å². The largest absolute Gasteiger partial charge is 0.484 e. The highest BCUT2D eigenvalue weighted by atomic mass is 16.5. The van der Waals surface area contributed by atoms with Gasteiger partial charge in [-0.2, -0.15) is 0 Å². The number of rotatable bonds is 6. The minimum Gasteiger partial charge on any atom is -0.484 e. The van der Waals surface area contributed by atoms with Crippen LogP contribution in [0.4, 0.5) is 0 Å². The average molecular weight is 407 g/mol. The van der Waals surface area contributed by atoms with Crippen LogP contribution in [0.2, 0.25) is 0 Å². The third kappa shape index (κ3) is 5.33. The van der Waals surface area contributed by atoms with Gasteiger partial charge in [0, 0.05) is 36.3 Å². The highest BCUT2D eigenvalue weighted by Gasteiger charge is 2.18. The minimum absolute atomic E-state index is 0.0868. The summed E-state index contributed by atoms with van der Waals surface area (Å²) in [7, 11) is 1.74. The molecule has 1 amide bonds. The zero-order valence-electron chi connectivity index (χ0n) is 18.4. The Hall–Kier alpha value is -3.00. The van der Waals surface area contributed by atoms with Gasteiger partial charge in [-0.25, -0.2) is 0 Å². The number of hydrogen-bond acceptors (Lipinski definition) is 3. The maximum atomic E-state index is 12.8. The first-order chi connectivity index (χ1) is 14.3.